The third-order valence-corrected chi connectivity index (χ3v) is 4.35. The molecule has 0 N–H and O–H groups in total. The minimum atomic E-state index is 0.193. The molecule has 1 aromatic carbocycles. The fourth-order valence-corrected chi connectivity index (χ4v) is 3.00. The summed E-state index contributed by atoms with van der Waals surface area (Å²) in [6, 6.07) is 9.91. The van der Waals surface area contributed by atoms with E-state index in [4.69, 9.17) is 13.6 Å². The standard InChI is InChI=1S/C19H21N3O3/c1-14(13-22-8-10-23-11-9-22)19-21-20-18(25-19)7-6-16-12-15-4-2-3-5-17(15)24-16/h2-7,12,14H,8-11,13H2,1H3. The van der Waals surface area contributed by atoms with E-state index in [2.05, 4.69) is 22.0 Å². The molecule has 1 aliphatic heterocycles. The van der Waals surface area contributed by atoms with Crippen LogP contribution in [0.3, 0.4) is 0 Å². The SMILES string of the molecule is CC(CN1CCOCC1)c1nnc(C=Cc2cc3ccccc3o2)o1. The molecule has 0 saturated carbocycles. The molecule has 0 amide bonds. The van der Waals surface area contributed by atoms with Crippen molar-refractivity contribution in [3.05, 3.63) is 47.9 Å². The van der Waals surface area contributed by atoms with Gasteiger partial charge in [0, 0.05) is 37.0 Å². The number of fused-ring (bicyclic) bond motifs is 1. The average molecular weight is 339 g/mol. The molecule has 0 bridgehead atoms. The van der Waals surface area contributed by atoms with Crippen LogP contribution in [-0.2, 0) is 4.74 Å². The van der Waals surface area contributed by atoms with Gasteiger partial charge in [-0.25, -0.2) is 0 Å². The van der Waals surface area contributed by atoms with Crippen LogP contribution in [0.4, 0.5) is 0 Å². The molecule has 1 unspecified atom stereocenters. The molecule has 25 heavy (non-hydrogen) atoms. The molecule has 1 atom stereocenters. The quantitative estimate of drug-likeness (QED) is 0.710. The molecule has 1 saturated heterocycles. The van der Waals surface area contributed by atoms with E-state index in [9.17, 15) is 0 Å². The monoisotopic (exact) mass is 339 g/mol. The minimum Gasteiger partial charge on any atom is -0.457 e. The normalized spacial score (nSPS) is 17.5. The van der Waals surface area contributed by atoms with E-state index in [0.29, 0.717) is 11.8 Å². The molecule has 3 heterocycles. The van der Waals surface area contributed by atoms with Gasteiger partial charge in [0.05, 0.1) is 13.2 Å². The lowest BCUT2D eigenvalue weighted by Gasteiger charge is -2.27. The fourth-order valence-electron chi connectivity index (χ4n) is 3.00. The maximum atomic E-state index is 5.77. The molecule has 6 heteroatoms. The van der Waals surface area contributed by atoms with Crippen molar-refractivity contribution in [3.63, 3.8) is 0 Å². The lowest BCUT2D eigenvalue weighted by Crippen LogP contribution is -2.38. The number of hydrogen-bond donors (Lipinski definition) is 0. The summed E-state index contributed by atoms with van der Waals surface area (Å²) >= 11 is 0. The number of hydrogen-bond acceptors (Lipinski definition) is 6. The molecule has 6 nitrogen and oxygen atoms in total. The van der Waals surface area contributed by atoms with Crippen LogP contribution in [-0.4, -0.2) is 47.9 Å². The summed E-state index contributed by atoms with van der Waals surface area (Å²) in [5, 5.41) is 9.37. The van der Waals surface area contributed by atoms with E-state index in [1.165, 1.54) is 0 Å². The topological polar surface area (TPSA) is 64.5 Å². The van der Waals surface area contributed by atoms with Gasteiger partial charge in [-0.1, -0.05) is 25.1 Å². The highest BCUT2D eigenvalue weighted by molar-refractivity contribution is 5.81. The Kier molecular flexibility index (Phi) is 4.63. The summed E-state index contributed by atoms with van der Waals surface area (Å²) in [6.45, 7) is 6.51. The Labute approximate surface area is 146 Å². The Bertz CT molecular complexity index is 829. The lowest BCUT2D eigenvalue weighted by molar-refractivity contribution is 0.0346. The van der Waals surface area contributed by atoms with Crippen molar-refractivity contribution >= 4 is 23.1 Å². The Morgan fingerprint density at radius 1 is 1.12 bits per heavy atom. The van der Waals surface area contributed by atoms with Gasteiger partial charge in [0.15, 0.2) is 0 Å². The summed E-state index contributed by atoms with van der Waals surface area (Å²) in [5.41, 5.74) is 0.868. The number of aromatic nitrogens is 2. The summed E-state index contributed by atoms with van der Waals surface area (Å²) in [4.78, 5) is 2.36. The highest BCUT2D eigenvalue weighted by Crippen LogP contribution is 2.21. The molecular formula is C19H21N3O3. The molecule has 130 valence electrons. The Hall–Kier alpha value is -2.44. The van der Waals surface area contributed by atoms with Crippen LogP contribution in [0, 0.1) is 0 Å². The third kappa shape index (κ3) is 3.81. The van der Waals surface area contributed by atoms with Crippen LogP contribution >= 0.6 is 0 Å². The van der Waals surface area contributed by atoms with Gasteiger partial charge >= 0.3 is 0 Å². The van der Waals surface area contributed by atoms with Crippen LogP contribution in [0.25, 0.3) is 23.1 Å². The van der Waals surface area contributed by atoms with Crippen molar-refractivity contribution in [1.29, 1.82) is 0 Å². The van der Waals surface area contributed by atoms with Gasteiger partial charge < -0.3 is 13.6 Å². The van der Waals surface area contributed by atoms with Crippen molar-refractivity contribution in [2.24, 2.45) is 0 Å². The average Bonchev–Trinajstić information content (AvgIpc) is 3.27. The van der Waals surface area contributed by atoms with Crippen molar-refractivity contribution < 1.29 is 13.6 Å². The number of para-hydroxylation sites is 1. The molecule has 0 radical (unpaired) electrons. The zero-order chi connectivity index (χ0) is 17.1. The second-order valence-corrected chi connectivity index (χ2v) is 6.31. The zero-order valence-electron chi connectivity index (χ0n) is 14.2. The first-order chi connectivity index (χ1) is 12.3. The number of ether oxygens (including phenoxy) is 1. The van der Waals surface area contributed by atoms with E-state index in [0.717, 1.165) is 49.6 Å². The third-order valence-electron chi connectivity index (χ3n) is 4.35. The number of benzene rings is 1. The van der Waals surface area contributed by atoms with Crippen molar-refractivity contribution in [2.45, 2.75) is 12.8 Å². The summed E-state index contributed by atoms with van der Waals surface area (Å²) < 4.78 is 16.9. The van der Waals surface area contributed by atoms with E-state index < -0.39 is 0 Å². The van der Waals surface area contributed by atoms with Crippen molar-refractivity contribution in [2.75, 3.05) is 32.8 Å². The van der Waals surface area contributed by atoms with Gasteiger partial charge in [-0.3, -0.25) is 4.90 Å². The molecule has 3 aromatic rings. The molecular weight excluding hydrogens is 318 g/mol. The maximum Gasteiger partial charge on any atom is 0.240 e. The first kappa shape index (κ1) is 16.1. The Morgan fingerprint density at radius 2 is 1.96 bits per heavy atom. The van der Waals surface area contributed by atoms with Gasteiger partial charge in [-0.15, -0.1) is 10.2 Å². The zero-order valence-corrected chi connectivity index (χ0v) is 14.2. The van der Waals surface area contributed by atoms with Crippen LogP contribution in [0.5, 0.6) is 0 Å². The maximum absolute atomic E-state index is 5.77. The van der Waals surface area contributed by atoms with Crippen LogP contribution in [0.2, 0.25) is 0 Å². The van der Waals surface area contributed by atoms with Crippen molar-refractivity contribution in [1.82, 2.24) is 15.1 Å². The van der Waals surface area contributed by atoms with E-state index in [1.54, 1.807) is 6.08 Å². The van der Waals surface area contributed by atoms with Gasteiger partial charge in [0.1, 0.15) is 11.3 Å². The van der Waals surface area contributed by atoms with E-state index >= 15 is 0 Å². The molecule has 2 aromatic heterocycles. The fraction of sp³-hybridized carbons (Fsp3) is 0.368. The molecule has 4 rings (SSSR count). The number of furan rings is 1. The lowest BCUT2D eigenvalue weighted by atomic mass is 10.1. The highest BCUT2D eigenvalue weighted by Gasteiger charge is 2.18. The molecule has 0 spiro atoms. The summed E-state index contributed by atoms with van der Waals surface area (Å²) in [6.07, 6.45) is 3.64. The number of rotatable bonds is 5. The van der Waals surface area contributed by atoms with Gasteiger partial charge in [0.2, 0.25) is 11.8 Å². The minimum absolute atomic E-state index is 0.193. The second-order valence-electron chi connectivity index (χ2n) is 6.31. The number of morpholine rings is 1. The Morgan fingerprint density at radius 3 is 2.80 bits per heavy atom. The van der Waals surface area contributed by atoms with Gasteiger partial charge in [-0.05, 0) is 18.2 Å². The van der Waals surface area contributed by atoms with Crippen LogP contribution < -0.4 is 0 Å². The first-order valence-electron chi connectivity index (χ1n) is 8.58. The highest BCUT2D eigenvalue weighted by atomic mass is 16.5. The Balaban J connectivity index is 1.41. The van der Waals surface area contributed by atoms with Crippen LogP contribution in [0.15, 0.2) is 39.2 Å². The van der Waals surface area contributed by atoms with Crippen LogP contribution in [0.1, 0.15) is 30.4 Å². The molecule has 0 aliphatic carbocycles. The van der Waals surface area contributed by atoms with E-state index in [1.807, 2.05) is 36.4 Å². The first-order valence-corrected chi connectivity index (χ1v) is 8.58. The predicted octanol–water partition coefficient (Wildman–Crippen LogP) is 3.42. The summed E-state index contributed by atoms with van der Waals surface area (Å²) in [5.74, 6) is 2.11. The molecule has 1 fully saturated rings. The van der Waals surface area contributed by atoms with Gasteiger partial charge in [-0.2, -0.15) is 0 Å². The molecule has 1 aliphatic rings. The predicted molar refractivity (Wildman–Crippen MR) is 95.1 cm³/mol. The van der Waals surface area contributed by atoms with Crippen molar-refractivity contribution in [3.8, 4) is 0 Å². The number of nitrogens with zero attached hydrogens (tertiary/aromatic N) is 3. The van der Waals surface area contributed by atoms with E-state index in [-0.39, 0.29) is 5.92 Å². The summed E-state index contributed by atoms with van der Waals surface area (Å²) in [7, 11) is 0. The smallest absolute Gasteiger partial charge is 0.240 e. The second kappa shape index (κ2) is 7.21. The van der Waals surface area contributed by atoms with Gasteiger partial charge in [0.25, 0.3) is 0 Å². The largest absolute Gasteiger partial charge is 0.457 e.